The van der Waals surface area contributed by atoms with E-state index in [1.165, 1.54) is 5.57 Å². The lowest BCUT2D eigenvalue weighted by atomic mass is 10.0. The summed E-state index contributed by atoms with van der Waals surface area (Å²) in [5.74, 6) is 0.385. The van der Waals surface area contributed by atoms with E-state index in [-0.39, 0.29) is 6.61 Å². The van der Waals surface area contributed by atoms with Crippen molar-refractivity contribution in [2.24, 2.45) is 5.92 Å². The minimum Gasteiger partial charge on any atom is -0.395 e. The van der Waals surface area contributed by atoms with E-state index in [0.717, 1.165) is 6.54 Å². The van der Waals surface area contributed by atoms with Gasteiger partial charge >= 0.3 is 0 Å². The van der Waals surface area contributed by atoms with E-state index in [1.807, 2.05) is 12.2 Å². The van der Waals surface area contributed by atoms with Gasteiger partial charge in [-0.25, -0.2) is 0 Å². The molecule has 0 aliphatic heterocycles. The highest BCUT2D eigenvalue weighted by Crippen LogP contribution is 2.18. The molecule has 1 unspecified atom stereocenters. The van der Waals surface area contributed by atoms with Gasteiger partial charge in [0.1, 0.15) is 0 Å². The maximum atomic E-state index is 8.55. The van der Waals surface area contributed by atoms with Gasteiger partial charge in [-0.05, 0) is 5.57 Å². The van der Waals surface area contributed by atoms with Crippen LogP contribution in [0, 0.1) is 5.92 Å². The van der Waals surface area contributed by atoms with Crippen molar-refractivity contribution in [2.75, 3.05) is 19.7 Å². The summed E-state index contributed by atoms with van der Waals surface area (Å²) in [7, 11) is 0. The molecule has 0 saturated carbocycles. The zero-order valence-corrected chi connectivity index (χ0v) is 7.16. The van der Waals surface area contributed by atoms with Crippen LogP contribution in [0.3, 0.4) is 0 Å². The average molecular weight is 165 g/mol. The molecule has 12 heavy (non-hydrogen) atoms. The number of hydrogen-bond donors (Lipinski definition) is 2. The zero-order valence-electron chi connectivity index (χ0n) is 7.16. The van der Waals surface area contributed by atoms with E-state index in [2.05, 4.69) is 24.0 Å². The number of hydrogen-bond acceptors (Lipinski definition) is 2. The van der Waals surface area contributed by atoms with E-state index in [9.17, 15) is 0 Å². The summed E-state index contributed by atoms with van der Waals surface area (Å²) in [6.45, 7) is 5.44. The molecular formula is C10H15NO. The predicted molar refractivity (Wildman–Crippen MR) is 50.9 cm³/mol. The Labute approximate surface area is 73.3 Å². The molecule has 0 aromatic rings. The highest BCUT2D eigenvalue weighted by molar-refractivity contribution is 5.31. The van der Waals surface area contributed by atoms with Crippen molar-refractivity contribution in [3.8, 4) is 0 Å². The maximum absolute atomic E-state index is 8.55. The van der Waals surface area contributed by atoms with Gasteiger partial charge in [0.15, 0.2) is 0 Å². The summed E-state index contributed by atoms with van der Waals surface area (Å²) in [4.78, 5) is 0. The van der Waals surface area contributed by atoms with E-state index in [0.29, 0.717) is 12.5 Å². The maximum Gasteiger partial charge on any atom is 0.0556 e. The summed E-state index contributed by atoms with van der Waals surface area (Å²) in [5.41, 5.74) is 1.32. The number of nitrogens with one attached hydrogen (secondary N) is 1. The standard InChI is InChI=1S/C10H15NO/c1-2-9-4-3-5-10(9)8-11-6-7-12/h2-5,9,11-12H,1,6-8H2. The second-order valence-corrected chi connectivity index (χ2v) is 2.79. The van der Waals surface area contributed by atoms with Gasteiger partial charge in [0, 0.05) is 19.0 Å². The molecule has 0 radical (unpaired) electrons. The van der Waals surface area contributed by atoms with Crippen LogP contribution < -0.4 is 5.32 Å². The number of allylic oxidation sites excluding steroid dienone is 4. The summed E-state index contributed by atoms with van der Waals surface area (Å²) in [5, 5.41) is 11.7. The predicted octanol–water partition coefficient (Wildman–Crippen LogP) is 0.867. The molecule has 2 nitrogen and oxygen atoms in total. The highest BCUT2D eigenvalue weighted by Gasteiger charge is 2.09. The van der Waals surface area contributed by atoms with Crippen LogP contribution in [0.4, 0.5) is 0 Å². The van der Waals surface area contributed by atoms with Crippen LogP contribution in [0.1, 0.15) is 0 Å². The molecule has 66 valence electrons. The smallest absolute Gasteiger partial charge is 0.0556 e. The molecule has 0 fully saturated rings. The molecule has 0 spiro atoms. The first-order valence-electron chi connectivity index (χ1n) is 4.20. The van der Waals surface area contributed by atoms with Gasteiger partial charge in [0.2, 0.25) is 0 Å². The summed E-state index contributed by atoms with van der Waals surface area (Å²) >= 11 is 0. The fourth-order valence-corrected chi connectivity index (χ4v) is 1.25. The Bertz CT molecular complexity index is 206. The van der Waals surface area contributed by atoms with Crippen molar-refractivity contribution >= 4 is 0 Å². The first-order chi connectivity index (χ1) is 5.88. The molecule has 2 N–H and O–H groups in total. The first-order valence-corrected chi connectivity index (χ1v) is 4.20. The second kappa shape index (κ2) is 4.91. The summed E-state index contributed by atoms with van der Waals surface area (Å²) in [6.07, 6.45) is 8.18. The summed E-state index contributed by atoms with van der Waals surface area (Å²) in [6, 6.07) is 0. The molecule has 0 heterocycles. The third-order valence-corrected chi connectivity index (χ3v) is 1.93. The van der Waals surface area contributed by atoms with Gasteiger partial charge in [-0.15, -0.1) is 6.58 Å². The van der Waals surface area contributed by atoms with E-state index >= 15 is 0 Å². The molecule has 1 aliphatic carbocycles. The van der Waals surface area contributed by atoms with E-state index in [1.54, 1.807) is 0 Å². The topological polar surface area (TPSA) is 32.3 Å². The normalized spacial score (nSPS) is 21.1. The molecule has 0 aromatic heterocycles. The Morgan fingerprint density at radius 3 is 3.17 bits per heavy atom. The van der Waals surface area contributed by atoms with Crippen molar-refractivity contribution in [1.82, 2.24) is 5.32 Å². The van der Waals surface area contributed by atoms with Crippen molar-refractivity contribution in [3.63, 3.8) is 0 Å². The first kappa shape index (κ1) is 9.23. The Morgan fingerprint density at radius 2 is 2.50 bits per heavy atom. The minimum atomic E-state index is 0.194. The van der Waals surface area contributed by atoms with Gasteiger partial charge in [0.25, 0.3) is 0 Å². The molecule has 0 amide bonds. The Hall–Kier alpha value is -0.860. The number of aliphatic hydroxyl groups is 1. The lowest BCUT2D eigenvalue weighted by Crippen LogP contribution is -2.22. The van der Waals surface area contributed by atoms with E-state index < -0.39 is 0 Å². The van der Waals surface area contributed by atoms with Crippen LogP contribution in [0.2, 0.25) is 0 Å². The number of rotatable bonds is 5. The third-order valence-electron chi connectivity index (χ3n) is 1.93. The molecule has 1 rings (SSSR count). The molecule has 1 aliphatic rings. The highest BCUT2D eigenvalue weighted by atomic mass is 16.3. The van der Waals surface area contributed by atoms with Crippen LogP contribution in [-0.4, -0.2) is 24.8 Å². The van der Waals surface area contributed by atoms with Crippen LogP contribution in [0.15, 0.2) is 36.5 Å². The average Bonchev–Trinajstić information content (AvgIpc) is 2.52. The van der Waals surface area contributed by atoms with Crippen LogP contribution >= 0.6 is 0 Å². The van der Waals surface area contributed by atoms with Gasteiger partial charge < -0.3 is 10.4 Å². The molecule has 2 heteroatoms. The fraction of sp³-hybridized carbons (Fsp3) is 0.400. The van der Waals surface area contributed by atoms with Gasteiger partial charge in [0.05, 0.1) is 6.61 Å². The van der Waals surface area contributed by atoms with Crippen molar-refractivity contribution < 1.29 is 5.11 Å². The largest absolute Gasteiger partial charge is 0.395 e. The van der Waals surface area contributed by atoms with Crippen LogP contribution in [0.5, 0.6) is 0 Å². The monoisotopic (exact) mass is 165 g/mol. The SMILES string of the molecule is C=CC1C=CC=C1CNCCO. The van der Waals surface area contributed by atoms with Gasteiger partial charge in [-0.3, -0.25) is 0 Å². The molecule has 0 bridgehead atoms. The lowest BCUT2D eigenvalue weighted by Gasteiger charge is -2.09. The van der Waals surface area contributed by atoms with Crippen molar-refractivity contribution in [3.05, 3.63) is 36.5 Å². The van der Waals surface area contributed by atoms with Crippen molar-refractivity contribution in [2.45, 2.75) is 0 Å². The number of aliphatic hydroxyl groups excluding tert-OH is 1. The fourth-order valence-electron chi connectivity index (χ4n) is 1.25. The minimum absolute atomic E-state index is 0.194. The Kier molecular flexibility index (Phi) is 3.77. The van der Waals surface area contributed by atoms with Crippen molar-refractivity contribution in [1.29, 1.82) is 0 Å². The molecule has 0 aromatic carbocycles. The summed E-state index contributed by atoms with van der Waals surface area (Å²) < 4.78 is 0. The Balaban J connectivity index is 2.28. The van der Waals surface area contributed by atoms with Gasteiger partial charge in [-0.2, -0.15) is 0 Å². The Morgan fingerprint density at radius 1 is 1.67 bits per heavy atom. The van der Waals surface area contributed by atoms with Crippen LogP contribution in [-0.2, 0) is 0 Å². The van der Waals surface area contributed by atoms with Gasteiger partial charge in [-0.1, -0.05) is 24.3 Å². The zero-order chi connectivity index (χ0) is 8.81. The van der Waals surface area contributed by atoms with E-state index in [4.69, 9.17) is 5.11 Å². The molecule has 0 saturated heterocycles. The van der Waals surface area contributed by atoms with Crippen LogP contribution in [0.25, 0.3) is 0 Å². The second-order valence-electron chi connectivity index (χ2n) is 2.79. The third kappa shape index (κ3) is 2.32. The lowest BCUT2D eigenvalue weighted by molar-refractivity contribution is 0.294. The molecule has 1 atom stereocenters. The molecular weight excluding hydrogens is 150 g/mol. The quantitative estimate of drug-likeness (QED) is 0.468.